The summed E-state index contributed by atoms with van der Waals surface area (Å²) >= 11 is 0. The standard InChI is InChI=1S/C15H28N2O3/c1-12(2)16-10-6-7-13(18)17-15(11-14(19)20)8-4-3-5-9-15/h12,16H,3-11H2,1-2H3,(H,17,18)(H,19,20). The second kappa shape index (κ2) is 8.25. The highest BCUT2D eigenvalue weighted by molar-refractivity contribution is 5.78. The Morgan fingerprint density at radius 1 is 1.20 bits per heavy atom. The molecule has 1 rings (SSSR count). The Morgan fingerprint density at radius 3 is 2.40 bits per heavy atom. The monoisotopic (exact) mass is 284 g/mol. The van der Waals surface area contributed by atoms with Gasteiger partial charge in [-0.25, -0.2) is 0 Å². The van der Waals surface area contributed by atoms with Gasteiger partial charge in [-0.2, -0.15) is 0 Å². The maximum absolute atomic E-state index is 12.0. The number of nitrogens with one attached hydrogen (secondary N) is 2. The van der Waals surface area contributed by atoms with E-state index in [2.05, 4.69) is 24.5 Å². The molecular weight excluding hydrogens is 256 g/mol. The molecule has 0 saturated heterocycles. The summed E-state index contributed by atoms with van der Waals surface area (Å²) in [6.07, 6.45) is 6.00. The summed E-state index contributed by atoms with van der Waals surface area (Å²) in [5.41, 5.74) is -0.507. The largest absolute Gasteiger partial charge is 0.481 e. The molecule has 0 bridgehead atoms. The predicted molar refractivity (Wildman–Crippen MR) is 78.6 cm³/mol. The predicted octanol–water partition coefficient (Wildman–Crippen LogP) is 2.06. The normalized spacial score (nSPS) is 17.9. The van der Waals surface area contributed by atoms with Gasteiger partial charge in [0.25, 0.3) is 0 Å². The van der Waals surface area contributed by atoms with Gasteiger partial charge >= 0.3 is 5.97 Å². The minimum absolute atomic E-state index is 0.0151. The van der Waals surface area contributed by atoms with Crippen molar-refractivity contribution in [2.24, 2.45) is 0 Å². The van der Waals surface area contributed by atoms with Gasteiger partial charge in [0.1, 0.15) is 0 Å². The molecular formula is C15H28N2O3. The fraction of sp³-hybridized carbons (Fsp3) is 0.867. The van der Waals surface area contributed by atoms with Crippen LogP contribution >= 0.6 is 0 Å². The minimum atomic E-state index is -0.825. The zero-order valence-corrected chi connectivity index (χ0v) is 12.7. The molecule has 3 N–H and O–H groups in total. The van der Waals surface area contributed by atoms with E-state index >= 15 is 0 Å². The maximum atomic E-state index is 12.0. The van der Waals surface area contributed by atoms with Crippen LogP contribution in [0.3, 0.4) is 0 Å². The summed E-state index contributed by atoms with van der Waals surface area (Å²) in [7, 11) is 0. The van der Waals surface area contributed by atoms with E-state index in [1.807, 2.05) is 0 Å². The number of carboxylic acids is 1. The van der Waals surface area contributed by atoms with Crippen molar-refractivity contribution < 1.29 is 14.7 Å². The van der Waals surface area contributed by atoms with Crippen molar-refractivity contribution in [3.05, 3.63) is 0 Å². The Hall–Kier alpha value is -1.10. The molecule has 1 amide bonds. The van der Waals surface area contributed by atoms with Crippen LogP contribution in [0.5, 0.6) is 0 Å². The molecule has 0 radical (unpaired) electrons. The Kier molecular flexibility index (Phi) is 6.99. The van der Waals surface area contributed by atoms with Crippen LogP contribution in [-0.2, 0) is 9.59 Å². The third-order valence-electron chi connectivity index (χ3n) is 3.84. The van der Waals surface area contributed by atoms with Gasteiger partial charge in [0.2, 0.25) is 5.91 Å². The van der Waals surface area contributed by atoms with E-state index in [0.29, 0.717) is 12.5 Å². The first kappa shape index (κ1) is 17.0. The molecule has 1 aliphatic rings. The van der Waals surface area contributed by atoms with E-state index in [9.17, 15) is 9.59 Å². The van der Waals surface area contributed by atoms with Crippen LogP contribution in [-0.4, -0.2) is 35.1 Å². The molecule has 0 unspecified atom stereocenters. The second-order valence-corrected chi connectivity index (χ2v) is 6.17. The minimum Gasteiger partial charge on any atom is -0.481 e. The number of amides is 1. The molecule has 0 spiro atoms. The summed E-state index contributed by atoms with van der Waals surface area (Å²) in [5, 5.41) is 15.3. The third kappa shape index (κ3) is 6.37. The zero-order chi connectivity index (χ0) is 15.0. The lowest BCUT2D eigenvalue weighted by molar-refractivity contribution is -0.139. The van der Waals surface area contributed by atoms with Gasteiger partial charge in [-0.3, -0.25) is 9.59 Å². The Bertz CT molecular complexity index is 323. The van der Waals surface area contributed by atoms with E-state index < -0.39 is 11.5 Å². The molecule has 116 valence electrons. The molecule has 0 aliphatic heterocycles. The van der Waals surface area contributed by atoms with Crippen LogP contribution in [0.25, 0.3) is 0 Å². The Labute approximate surface area is 121 Å². The van der Waals surface area contributed by atoms with Crippen molar-refractivity contribution in [2.45, 2.75) is 76.8 Å². The van der Waals surface area contributed by atoms with E-state index in [4.69, 9.17) is 5.11 Å². The van der Waals surface area contributed by atoms with Crippen LogP contribution in [0, 0.1) is 0 Å². The highest BCUT2D eigenvalue weighted by Crippen LogP contribution is 2.31. The van der Waals surface area contributed by atoms with Gasteiger partial charge in [0, 0.05) is 12.5 Å². The summed E-state index contributed by atoms with van der Waals surface area (Å²) in [5.74, 6) is -0.840. The topological polar surface area (TPSA) is 78.4 Å². The Balaban J connectivity index is 2.40. The van der Waals surface area contributed by atoms with Crippen LogP contribution in [0.2, 0.25) is 0 Å². The molecule has 0 aromatic carbocycles. The van der Waals surface area contributed by atoms with Gasteiger partial charge in [-0.15, -0.1) is 0 Å². The number of carboxylic acid groups (broad SMARTS) is 1. The molecule has 20 heavy (non-hydrogen) atoms. The molecule has 0 heterocycles. The number of carbonyl (C=O) groups is 2. The average molecular weight is 284 g/mol. The van der Waals surface area contributed by atoms with Crippen molar-refractivity contribution in [2.75, 3.05) is 6.54 Å². The van der Waals surface area contributed by atoms with E-state index in [1.165, 1.54) is 0 Å². The number of carbonyl (C=O) groups excluding carboxylic acids is 1. The fourth-order valence-electron chi connectivity index (χ4n) is 2.86. The molecule has 1 fully saturated rings. The fourth-order valence-corrected chi connectivity index (χ4v) is 2.86. The summed E-state index contributed by atoms with van der Waals surface area (Å²) in [6, 6.07) is 0.426. The smallest absolute Gasteiger partial charge is 0.305 e. The van der Waals surface area contributed by atoms with Gasteiger partial charge < -0.3 is 15.7 Å². The van der Waals surface area contributed by atoms with Crippen LogP contribution in [0.4, 0.5) is 0 Å². The molecule has 0 aromatic heterocycles. The molecule has 1 saturated carbocycles. The van der Waals surface area contributed by atoms with Gasteiger partial charge in [-0.05, 0) is 25.8 Å². The molecule has 5 nitrogen and oxygen atoms in total. The van der Waals surface area contributed by atoms with Crippen LogP contribution in [0.1, 0.15) is 65.2 Å². The molecule has 0 atom stereocenters. The number of hydrogen-bond donors (Lipinski definition) is 3. The van der Waals surface area contributed by atoms with Crippen molar-refractivity contribution in [3.8, 4) is 0 Å². The van der Waals surface area contributed by atoms with Crippen molar-refractivity contribution in [1.82, 2.24) is 10.6 Å². The first-order chi connectivity index (χ1) is 9.43. The first-order valence-corrected chi connectivity index (χ1v) is 7.70. The lowest BCUT2D eigenvalue weighted by Crippen LogP contribution is -2.51. The van der Waals surface area contributed by atoms with Crippen molar-refractivity contribution in [1.29, 1.82) is 0 Å². The highest BCUT2D eigenvalue weighted by Gasteiger charge is 2.35. The lowest BCUT2D eigenvalue weighted by atomic mass is 9.79. The molecule has 5 heteroatoms. The number of hydrogen-bond acceptors (Lipinski definition) is 3. The highest BCUT2D eigenvalue weighted by atomic mass is 16.4. The van der Waals surface area contributed by atoms with Crippen LogP contribution < -0.4 is 10.6 Å². The van der Waals surface area contributed by atoms with Crippen LogP contribution in [0.15, 0.2) is 0 Å². The number of rotatable bonds is 8. The lowest BCUT2D eigenvalue weighted by Gasteiger charge is -2.37. The summed E-state index contributed by atoms with van der Waals surface area (Å²) in [6.45, 7) is 4.96. The molecule has 1 aliphatic carbocycles. The van der Waals surface area contributed by atoms with Crippen molar-refractivity contribution >= 4 is 11.9 Å². The zero-order valence-electron chi connectivity index (χ0n) is 12.7. The van der Waals surface area contributed by atoms with Gasteiger partial charge in [0.05, 0.1) is 12.0 Å². The summed E-state index contributed by atoms with van der Waals surface area (Å²) in [4.78, 5) is 23.0. The van der Waals surface area contributed by atoms with Gasteiger partial charge in [-0.1, -0.05) is 33.1 Å². The summed E-state index contributed by atoms with van der Waals surface area (Å²) < 4.78 is 0. The third-order valence-corrected chi connectivity index (χ3v) is 3.84. The first-order valence-electron chi connectivity index (χ1n) is 7.70. The van der Waals surface area contributed by atoms with Gasteiger partial charge in [0.15, 0.2) is 0 Å². The maximum Gasteiger partial charge on any atom is 0.305 e. The Morgan fingerprint density at radius 2 is 1.85 bits per heavy atom. The second-order valence-electron chi connectivity index (χ2n) is 6.17. The van der Waals surface area contributed by atoms with E-state index in [-0.39, 0.29) is 12.3 Å². The van der Waals surface area contributed by atoms with Crippen molar-refractivity contribution in [3.63, 3.8) is 0 Å². The SMILES string of the molecule is CC(C)NCCCC(=O)NC1(CC(=O)O)CCCCC1. The van der Waals surface area contributed by atoms with E-state index in [1.54, 1.807) is 0 Å². The van der Waals surface area contributed by atoms with E-state index in [0.717, 1.165) is 45.1 Å². The quantitative estimate of drug-likeness (QED) is 0.596. The molecule has 0 aromatic rings. The number of aliphatic carboxylic acids is 1. The average Bonchev–Trinajstić information content (AvgIpc) is 2.34.